The van der Waals surface area contributed by atoms with Gasteiger partial charge in [0.15, 0.2) is 6.61 Å². The van der Waals surface area contributed by atoms with Gasteiger partial charge >= 0.3 is 5.97 Å². The molecular formula is C30H27FN2O6S. The summed E-state index contributed by atoms with van der Waals surface area (Å²) in [6, 6.07) is 19.0. The van der Waals surface area contributed by atoms with Crippen LogP contribution in [0.15, 0.2) is 77.7 Å². The van der Waals surface area contributed by atoms with Crippen LogP contribution in [0.3, 0.4) is 0 Å². The summed E-state index contributed by atoms with van der Waals surface area (Å²) < 4.78 is 54.9. The van der Waals surface area contributed by atoms with Crippen molar-refractivity contribution in [2.45, 2.75) is 25.2 Å². The van der Waals surface area contributed by atoms with Gasteiger partial charge in [0, 0.05) is 23.5 Å². The third kappa shape index (κ3) is 4.75. The van der Waals surface area contributed by atoms with Crippen LogP contribution < -0.4 is 9.04 Å². The van der Waals surface area contributed by atoms with Gasteiger partial charge in [-0.2, -0.15) is 0 Å². The second-order valence-electron chi connectivity index (χ2n) is 9.39. The first-order chi connectivity index (χ1) is 19.1. The van der Waals surface area contributed by atoms with Gasteiger partial charge in [-0.3, -0.25) is 9.10 Å². The van der Waals surface area contributed by atoms with Crippen molar-refractivity contribution in [1.29, 1.82) is 0 Å². The van der Waals surface area contributed by atoms with Crippen LogP contribution >= 0.6 is 0 Å². The Balaban J connectivity index is 1.37. The number of carbonyl (C=O) groups excluding carboxylic acids is 2. The predicted molar refractivity (Wildman–Crippen MR) is 147 cm³/mol. The van der Waals surface area contributed by atoms with Crippen LogP contribution in [0.25, 0.3) is 5.69 Å². The van der Waals surface area contributed by atoms with Crippen molar-refractivity contribution in [2.24, 2.45) is 0 Å². The number of rotatable bonds is 8. The van der Waals surface area contributed by atoms with Gasteiger partial charge in [0.05, 0.1) is 23.4 Å². The van der Waals surface area contributed by atoms with Crippen LogP contribution in [0.2, 0.25) is 0 Å². The number of nitrogens with zero attached hydrogens (tertiary/aromatic N) is 2. The number of fused-ring (bicyclic) bond motifs is 1. The number of benzene rings is 3. The van der Waals surface area contributed by atoms with E-state index >= 15 is 0 Å². The predicted octanol–water partition coefficient (Wildman–Crippen LogP) is 5.03. The summed E-state index contributed by atoms with van der Waals surface area (Å²) in [6.45, 7) is 3.12. The molecule has 0 fully saturated rings. The Labute approximate surface area is 231 Å². The molecule has 4 aromatic rings. The van der Waals surface area contributed by atoms with Crippen LogP contribution in [0.1, 0.15) is 37.7 Å². The fourth-order valence-electron chi connectivity index (χ4n) is 5.03. The molecule has 0 amide bonds. The molecule has 0 saturated heterocycles. The van der Waals surface area contributed by atoms with Crippen LogP contribution in [0, 0.1) is 19.7 Å². The number of sulfonamides is 1. The monoisotopic (exact) mass is 562 g/mol. The fraction of sp³-hybridized carbons (Fsp3) is 0.200. The minimum Gasteiger partial charge on any atom is -0.496 e. The van der Waals surface area contributed by atoms with Crippen molar-refractivity contribution in [3.8, 4) is 11.4 Å². The van der Waals surface area contributed by atoms with Crippen molar-refractivity contribution < 1.29 is 31.9 Å². The highest BCUT2D eigenvalue weighted by Gasteiger charge is 2.32. The van der Waals surface area contributed by atoms with Gasteiger partial charge in [-0.25, -0.2) is 17.6 Å². The van der Waals surface area contributed by atoms with E-state index in [1.165, 1.54) is 35.7 Å². The number of ketones is 1. The molecule has 0 atom stereocenters. The molecule has 1 aliphatic rings. The average Bonchev–Trinajstić information content (AvgIpc) is 3.52. The molecule has 1 aromatic heterocycles. The van der Waals surface area contributed by atoms with Gasteiger partial charge in [-0.1, -0.05) is 30.3 Å². The number of ether oxygens (including phenoxy) is 2. The Hall–Kier alpha value is -4.44. The van der Waals surface area contributed by atoms with Crippen molar-refractivity contribution in [3.05, 3.63) is 107 Å². The number of para-hydroxylation sites is 2. The van der Waals surface area contributed by atoms with E-state index in [2.05, 4.69) is 0 Å². The Kier molecular flexibility index (Phi) is 7.20. The molecular weight excluding hydrogens is 535 g/mol. The van der Waals surface area contributed by atoms with Crippen molar-refractivity contribution in [3.63, 3.8) is 0 Å². The minimum atomic E-state index is -3.98. The molecule has 40 heavy (non-hydrogen) atoms. The van der Waals surface area contributed by atoms with Gasteiger partial charge < -0.3 is 14.0 Å². The van der Waals surface area contributed by atoms with Crippen molar-refractivity contribution >= 4 is 27.5 Å². The number of hydrogen-bond acceptors (Lipinski definition) is 6. The van der Waals surface area contributed by atoms with E-state index in [-0.39, 0.29) is 28.3 Å². The molecule has 3 aromatic carbocycles. The number of halogens is 1. The smallest absolute Gasteiger partial charge is 0.342 e. The summed E-state index contributed by atoms with van der Waals surface area (Å²) in [7, 11) is -2.63. The molecule has 5 rings (SSSR count). The number of methoxy groups -OCH3 is 1. The molecule has 2 heterocycles. The Morgan fingerprint density at radius 1 is 0.925 bits per heavy atom. The molecule has 0 unspecified atom stereocenters. The van der Waals surface area contributed by atoms with Gasteiger partial charge in [0.25, 0.3) is 10.0 Å². The third-order valence-corrected chi connectivity index (χ3v) is 8.79. The zero-order valence-corrected chi connectivity index (χ0v) is 23.0. The Bertz CT molecular complexity index is 1740. The molecule has 206 valence electrons. The van der Waals surface area contributed by atoms with E-state index in [1.807, 2.05) is 12.1 Å². The molecule has 0 radical (unpaired) electrons. The molecule has 0 bridgehead atoms. The molecule has 0 aliphatic carbocycles. The first-order valence-corrected chi connectivity index (χ1v) is 14.0. The number of aryl methyl sites for hydroxylation is 1. The van der Waals surface area contributed by atoms with E-state index in [1.54, 1.807) is 54.8 Å². The van der Waals surface area contributed by atoms with Crippen LogP contribution in [0.5, 0.6) is 5.75 Å². The lowest BCUT2D eigenvalue weighted by molar-refractivity contribution is 0.0471. The molecule has 10 heteroatoms. The number of esters is 1. The van der Waals surface area contributed by atoms with Gasteiger partial charge in [0.1, 0.15) is 17.1 Å². The summed E-state index contributed by atoms with van der Waals surface area (Å²) in [5.74, 6) is -1.72. The normalized spacial score (nSPS) is 12.8. The standard InChI is InChI=1S/C30H27FN2O6S/c1-19-16-23(20(2)33(19)27-11-7-5-9-25(27)31)28(34)18-39-30(35)24-17-22(12-13-29(24)38-3)40(36,37)32-15-14-21-8-4-6-10-26(21)32/h4-13,16-17H,14-15,18H2,1-3H3. The molecule has 0 spiro atoms. The largest absolute Gasteiger partial charge is 0.496 e. The lowest BCUT2D eigenvalue weighted by Crippen LogP contribution is -2.29. The van der Waals surface area contributed by atoms with Crippen LogP contribution in [-0.4, -0.2) is 45.0 Å². The van der Waals surface area contributed by atoms with Crippen LogP contribution in [-0.2, 0) is 21.2 Å². The lowest BCUT2D eigenvalue weighted by atomic mass is 10.1. The number of aromatic nitrogens is 1. The SMILES string of the molecule is COc1ccc(S(=O)(=O)N2CCc3ccccc32)cc1C(=O)OCC(=O)c1cc(C)n(-c2ccccc2F)c1C. The van der Waals surface area contributed by atoms with E-state index in [0.29, 0.717) is 29.2 Å². The lowest BCUT2D eigenvalue weighted by Gasteiger charge is -2.20. The average molecular weight is 563 g/mol. The summed E-state index contributed by atoms with van der Waals surface area (Å²) in [5.41, 5.74) is 3.12. The van der Waals surface area contributed by atoms with Crippen LogP contribution in [0.4, 0.5) is 10.1 Å². The molecule has 0 N–H and O–H groups in total. The summed E-state index contributed by atoms with van der Waals surface area (Å²) in [5, 5.41) is 0. The van der Waals surface area contributed by atoms with Gasteiger partial charge in [-0.05, 0) is 68.3 Å². The van der Waals surface area contributed by atoms with Crippen molar-refractivity contribution in [2.75, 3.05) is 24.6 Å². The number of carbonyl (C=O) groups is 2. The zero-order chi connectivity index (χ0) is 28.6. The van der Waals surface area contributed by atoms with E-state index < -0.39 is 34.2 Å². The Morgan fingerprint density at radius 2 is 1.62 bits per heavy atom. The summed E-state index contributed by atoms with van der Waals surface area (Å²) in [6.07, 6.45) is 0.583. The second-order valence-corrected chi connectivity index (χ2v) is 11.3. The molecule has 8 nitrogen and oxygen atoms in total. The molecule has 1 aliphatic heterocycles. The second kappa shape index (κ2) is 10.6. The highest BCUT2D eigenvalue weighted by molar-refractivity contribution is 7.92. The van der Waals surface area contributed by atoms with Gasteiger partial charge in [0.2, 0.25) is 5.78 Å². The number of hydrogen-bond donors (Lipinski definition) is 0. The quantitative estimate of drug-likeness (QED) is 0.221. The number of Topliss-reactive ketones (excluding diaryl/α,β-unsaturated/α-hetero) is 1. The maximum atomic E-state index is 14.4. The first kappa shape index (κ1) is 27.1. The highest BCUT2D eigenvalue weighted by atomic mass is 32.2. The topological polar surface area (TPSA) is 94.9 Å². The number of anilines is 1. The maximum absolute atomic E-state index is 14.4. The summed E-state index contributed by atoms with van der Waals surface area (Å²) in [4.78, 5) is 26.0. The van der Waals surface area contributed by atoms with E-state index in [4.69, 9.17) is 9.47 Å². The fourth-order valence-corrected chi connectivity index (χ4v) is 6.56. The van der Waals surface area contributed by atoms with Crippen molar-refractivity contribution in [1.82, 2.24) is 4.57 Å². The molecule has 0 saturated carbocycles. The third-order valence-electron chi connectivity index (χ3n) is 6.98. The zero-order valence-electron chi connectivity index (χ0n) is 22.2. The van der Waals surface area contributed by atoms with Gasteiger partial charge in [-0.15, -0.1) is 0 Å². The summed E-state index contributed by atoms with van der Waals surface area (Å²) >= 11 is 0. The minimum absolute atomic E-state index is 0.100. The Morgan fingerprint density at radius 3 is 2.35 bits per heavy atom. The maximum Gasteiger partial charge on any atom is 0.342 e. The van der Waals surface area contributed by atoms with E-state index in [9.17, 15) is 22.4 Å². The first-order valence-electron chi connectivity index (χ1n) is 12.6. The van der Waals surface area contributed by atoms with E-state index in [0.717, 1.165) is 5.56 Å². The highest BCUT2D eigenvalue weighted by Crippen LogP contribution is 2.34.